The van der Waals surface area contributed by atoms with Crippen LogP contribution in [-0.2, 0) is 19.2 Å². The first kappa shape index (κ1) is 13.6. The minimum absolute atomic E-state index is 0.0524. The Morgan fingerprint density at radius 2 is 1.32 bits per heavy atom. The van der Waals surface area contributed by atoms with Crippen LogP contribution >= 0.6 is 0 Å². The van der Waals surface area contributed by atoms with E-state index >= 15 is 0 Å². The van der Waals surface area contributed by atoms with Crippen LogP contribution in [0.2, 0.25) is 0 Å². The third kappa shape index (κ3) is 2.79. The zero-order chi connectivity index (χ0) is 14.0. The quantitative estimate of drug-likeness (QED) is 0.540. The van der Waals surface area contributed by atoms with E-state index in [0.29, 0.717) is 0 Å². The molecule has 2 rings (SSSR count). The number of amides is 4. The molecule has 0 spiro atoms. The Bertz CT molecular complexity index is 404. The normalized spacial score (nSPS) is 23.0. The number of carbonyl (C=O) groups excluding carboxylic acids is 4. The number of imide groups is 2. The first-order chi connectivity index (χ1) is 9.00. The summed E-state index contributed by atoms with van der Waals surface area (Å²) < 4.78 is 0. The number of carbonyl (C=O) groups is 4. The van der Waals surface area contributed by atoms with E-state index in [-0.39, 0.29) is 56.4 Å². The third-order valence-electron chi connectivity index (χ3n) is 3.13. The summed E-state index contributed by atoms with van der Waals surface area (Å²) >= 11 is 0. The van der Waals surface area contributed by atoms with E-state index < -0.39 is 6.04 Å². The average Bonchev–Trinajstić information content (AvgIpc) is 2.34. The van der Waals surface area contributed by atoms with Crippen LogP contribution in [0.15, 0.2) is 0 Å². The number of hydrogen-bond acceptors (Lipinski definition) is 6. The molecular formula is C11H16N4O4. The van der Waals surface area contributed by atoms with Gasteiger partial charge in [0.15, 0.2) is 0 Å². The number of rotatable bonds is 3. The second-order valence-electron chi connectivity index (χ2n) is 4.61. The maximum atomic E-state index is 11.7. The predicted octanol–water partition coefficient (Wildman–Crippen LogP) is -2.71. The summed E-state index contributed by atoms with van der Waals surface area (Å²) in [6.07, 6.45) is 0. The summed E-state index contributed by atoms with van der Waals surface area (Å²) in [4.78, 5) is 48.9. The molecule has 0 bridgehead atoms. The van der Waals surface area contributed by atoms with Crippen molar-refractivity contribution in [3.05, 3.63) is 0 Å². The number of nitrogens with one attached hydrogen (secondary N) is 2. The van der Waals surface area contributed by atoms with Gasteiger partial charge in [0.05, 0.1) is 32.2 Å². The summed E-state index contributed by atoms with van der Waals surface area (Å²) in [5.74, 6) is -1.34. The summed E-state index contributed by atoms with van der Waals surface area (Å²) in [5, 5.41) is 5.38. The van der Waals surface area contributed by atoms with E-state index in [1.165, 1.54) is 0 Å². The zero-order valence-corrected chi connectivity index (χ0v) is 10.6. The fraction of sp³-hybridized carbons (Fsp3) is 0.636. The van der Waals surface area contributed by atoms with Gasteiger partial charge in [-0.15, -0.1) is 0 Å². The van der Waals surface area contributed by atoms with Gasteiger partial charge in [-0.25, -0.2) is 0 Å². The summed E-state index contributed by atoms with van der Waals surface area (Å²) in [6.45, 7) is 2.10. The highest BCUT2D eigenvalue weighted by Crippen LogP contribution is 2.08. The molecular weight excluding hydrogens is 252 g/mol. The smallest absolute Gasteiger partial charge is 0.243 e. The largest absolute Gasteiger partial charge is 0.300 e. The van der Waals surface area contributed by atoms with Crippen molar-refractivity contribution in [3.8, 4) is 0 Å². The van der Waals surface area contributed by atoms with Crippen molar-refractivity contribution in [2.75, 3.05) is 32.7 Å². The fourth-order valence-corrected chi connectivity index (χ4v) is 2.23. The van der Waals surface area contributed by atoms with Crippen LogP contribution in [0.25, 0.3) is 0 Å². The second-order valence-corrected chi connectivity index (χ2v) is 4.61. The Morgan fingerprint density at radius 3 is 1.79 bits per heavy atom. The van der Waals surface area contributed by atoms with Gasteiger partial charge in [0.25, 0.3) is 0 Å². The lowest BCUT2D eigenvalue weighted by Crippen LogP contribution is -2.60. The lowest BCUT2D eigenvalue weighted by molar-refractivity contribution is -0.154. The van der Waals surface area contributed by atoms with Gasteiger partial charge in [-0.2, -0.15) is 0 Å². The van der Waals surface area contributed by atoms with E-state index in [2.05, 4.69) is 10.6 Å². The molecule has 1 atom stereocenters. The van der Waals surface area contributed by atoms with Crippen LogP contribution in [0.3, 0.4) is 0 Å². The average molecular weight is 268 g/mol. The number of piperazine rings is 2. The van der Waals surface area contributed by atoms with Gasteiger partial charge >= 0.3 is 0 Å². The maximum absolute atomic E-state index is 11.7. The van der Waals surface area contributed by atoms with Crippen molar-refractivity contribution in [1.82, 2.24) is 20.4 Å². The first-order valence-corrected chi connectivity index (χ1v) is 6.10. The lowest BCUT2D eigenvalue weighted by atomic mass is 10.2. The molecule has 0 aromatic rings. The summed E-state index contributed by atoms with van der Waals surface area (Å²) in [5.41, 5.74) is 0. The van der Waals surface area contributed by atoms with E-state index in [0.717, 1.165) is 9.80 Å². The molecule has 2 heterocycles. The molecule has 0 radical (unpaired) electrons. The number of nitrogens with zero attached hydrogens (tertiary/aromatic N) is 2. The van der Waals surface area contributed by atoms with Crippen molar-refractivity contribution < 1.29 is 19.2 Å². The Hall–Kier alpha value is -1.80. The van der Waals surface area contributed by atoms with Gasteiger partial charge in [-0.3, -0.25) is 39.6 Å². The highest BCUT2D eigenvalue weighted by molar-refractivity contribution is 6.01. The Balaban J connectivity index is 2.05. The molecule has 0 saturated carbocycles. The van der Waals surface area contributed by atoms with Crippen molar-refractivity contribution in [1.29, 1.82) is 0 Å². The van der Waals surface area contributed by atoms with E-state index in [4.69, 9.17) is 0 Å². The van der Waals surface area contributed by atoms with Crippen molar-refractivity contribution in [3.63, 3.8) is 0 Å². The Labute approximate surface area is 110 Å². The molecule has 2 saturated heterocycles. The topological polar surface area (TPSA) is 98.8 Å². The standard InChI is InChI=1S/C11H16N4O4/c1-7(15-10(18)4-13-5-11(15)19)6-14-8(16)2-12-3-9(14)17/h7,12-13H,2-6H2,1H3. The first-order valence-electron chi connectivity index (χ1n) is 6.10. The summed E-state index contributed by atoms with van der Waals surface area (Å²) in [7, 11) is 0. The molecule has 0 aliphatic carbocycles. The van der Waals surface area contributed by atoms with E-state index in [9.17, 15) is 19.2 Å². The molecule has 8 heteroatoms. The highest BCUT2D eigenvalue weighted by Gasteiger charge is 2.34. The van der Waals surface area contributed by atoms with Crippen LogP contribution in [0, 0.1) is 0 Å². The molecule has 2 N–H and O–H groups in total. The monoisotopic (exact) mass is 268 g/mol. The molecule has 2 aliphatic heterocycles. The molecule has 4 amide bonds. The highest BCUT2D eigenvalue weighted by atomic mass is 16.2. The van der Waals surface area contributed by atoms with Gasteiger partial charge in [-0.05, 0) is 6.92 Å². The van der Waals surface area contributed by atoms with Gasteiger partial charge in [0.2, 0.25) is 23.6 Å². The molecule has 104 valence electrons. The molecule has 2 aliphatic rings. The van der Waals surface area contributed by atoms with Crippen LogP contribution in [0.1, 0.15) is 6.92 Å². The molecule has 1 unspecified atom stereocenters. The molecule has 0 aromatic carbocycles. The predicted molar refractivity (Wildman–Crippen MR) is 63.8 cm³/mol. The van der Waals surface area contributed by atoms with Crippen LogP contribution in [-0.4, -0.2) is 72.2 Å². The third-order valence-corrected chi connectivity index (χ3v) is 3.13. The van der Waals surface area contributed by atoms with Crippen LogP contribution in [0.4, 0.5) is 0 Å². The minimum Gasteiger partial charge on any atom is -0.300 e. The molecule has 8 nitrogen and oxygen atoms in total. The Morgan fingerprint density at radius 1 is 0.895 bits per heavy atom. The molecule has 0 aromatic heterocycles. The van der Waals surface area contributed by atoms with Crippen molar-refractivity contribution >= 4 is 23.6 Å². The fourth-order valence-electron chi connectivity index (χ4n) is 2.23. The molecule has 2 fully saturated rings. The van der Waals surface area contributed by atoms with Gasteiger partial charge in [-0.1, -0.05) is 0 Å². The second kappa shape index (κ2) is 5.45. The SMILES string of the molecule is CC(CN1C(=O)CNCC1=O)N1C(=O)CNCC1=O. The van der Waals surface area contributed by atoms with Gasteiger partial charge < -0.3 is 0 Å². The summed E-state index contributed by atoms with van der Waals surface area (Å²) in [6, 6.07) is -0.506. The maximum Gasteiger partial charge on any atom is 0.243 e. The zero-order valence-electron chi connectivity index (χ0n) is 10.6. The van der Waals surface area contributed by atoms with Crippen molar-refractivity contribution in [2.45, 2.75) is 13.0 Å². The van der Waals surface area contributed by atoms with E-state index in [1.54, 1.807) is 6.92 Å². The van der Waals surface area contributed by atoms with E-state index in [1.807, 2.05) is 0 Å². The van der Waals surface area contributed by atoms with Gasteiger partial charge in [0, 0.05) is 6.54 Å². The van der Waals surface area contributed by atoms with Crippen molar-refractivity contribution in [2.24, 2.45) is 0 Å². The number of hydrogen-bond donors (Lipinski definition) is 2. The Kier molecular flexibility index (Phi) is 3.91. The van der Waals surface area contributed by atoms with Crippen LogP contribution < -0.4 is 10.6 Å². The van der Waals surface area contributed by atoms with Crippen LogP contribution in [0.5, 0.6) is 0 Å². The van der Waals surface area contributed by atoms with Gasteiger partial charge in [0.1, 0.15) is 0 Å². The lowest BCUT2D eigenvalue weighted by Gasteiger charge is -2.35. The molecule has 19 heavy (non-hydrogen) atoms. The minimum atomic E-state index is -0.506.